The van der Waals surface area contributed by atoms with Gasteiger partial charge in [0, 0.05) is 56.3 Å². The highest BCUT2D eigenvalue weighted by atomic mass is 35.5. The van der Waals surface area contributed by atoms with Gasteiger partial charge in [-0.15, -0.1) is 10.2 Å². The van der Waals surface area contributed by atoms with Crippen LogP contribution in [0.2, 0.25) is 15.1 Å². The molecule has 0 aliphatic carbocycles. The lowest BCUT2D eigenvalue weighted by atomic mass is 10.1. The molecule has 1 N–H and O–H groups in total. The van der Waals surface area contributed by atoms with E-state index in [0.717, 1.165) is 62.7 Å². The molecule has 0 amide bonds. The van der Waals surface area contributed by atoms with E-state index >= 15 is 0 Å². The number of phenols is 1. The predicted octanol–water partition coefficient (Wildman–Crippen LogP) is 7.08. The lowest BCUT2D eigenvalue weighted by Crippen LogP contribution is -2.46. The van der Waals surface area contributed by atoms with Crippen molar-refractivity contribution in [1.82, 2.24) is 20.0 Å². The van der Waals surface area contributed by atoms with Gasteiger partial charge in [0.05, 0.1) is 29.0 Å². The summed E-state index contributed by atoms with van der Waals surface area (Å²) in [5.74, 6) is 1.22. The van der Waals surface area contributed by atoms with Gasteiger partial charge in [-0.25, -0.2) is 0 Å². The summed E-state index contributed by atoms with van der Waals surface area (Å²) in [4.78, 5) is 6.88. The third-order valence-electron chi connectivity index (χ3n) is 7.63. The quantitative estimate of drug-likeness (QED) is 0.151. The normalized spacial score (nSPS) is 13.8. The van der Waals surface area contributed by atoms with Crippen molar-refractivity contribution in [2.45, 2.75) is 19.4 Å². The van der Waals surface area contributed by atoms with Gasteiger partial charge < -0.3 is 24.4 Å². The predicted molar refractivity (Wildman–Crippen MR) is 182 cm³/mol. The molecule has 0 unspecified atom stereocenters. The summed E-state index contributed by atoms with van der Waals surface area (Å²) in [6.45, 7) is 6.30. The van der Waals surface area contributed by atoms with Crippen molar-refractivity contribution < 1.29 is 14.6 Å². The molecule has 1 aliphatic heterocycles. The van der Waals surface area contributed by atoms with E-state index in [9.17, 15) is 5.11 Å². The molecule has 0 bridgehead atoms. The SMILES string of the molecule is CN(C)CCCOc1cccc(CN2CCN(c3cc(-c4cc(Cl)c(O)c(Cl)c4)nnc3OCCc3ccc(Cl)cc3)CC2)c1. The number of hydrogen-bond acceptors (Lipinski definition) is 8. The Morgan fingerprint density at radius 3 is 2.27 bits per heavy atom. The Balaban J connectivity index is 1.27. The number of aromatic nitrogens is 2. The number of aromatic hydroxyl groups is 1. The van der Waals surface area contributed by atoms with E-state index in [-0.39, 0.29) is 15.8 Å². The average Bonchev–Trinajstić information content (AvgIpc) is 3.03. The van der Waals surface area contributed by atoms with Gasteiger partial charge in [-0.05, 0) is 74.1 Å². The first-order valence-corrected chi connectivity index (χ1v) is 16.2. The zero-order valence-electron chi connectivity index (χ0n) is 25.6. The lowest BCUT2D eigenvalue weighted by molar-refractivity contribution is 0.246. The number of benzene rings is 3. The monoisotopic (exact) mass is 669 g/mol. The van der Waals surface area contributed by atoms with Crippen molar-refractivity contribution in [3.05, 3.63) is 92.9 Å². The summed E-state index contributed by atoms with van der Waals surface area (Å²) in [5, 5.41) is 20.0. The molecule has 1 saturated heterocycles. The number of nitrogens with zero attached hydrogens (tertiary/aromatic N) is 5. The molecule has 0 radical (unpaired) electrons. The van der Waals surface area contributed by atoms with E-state index in [4.69, 9.17) is 44.3 Å². The van der Waals surface area contributed by atoms with Crippen molar-refractivity contribution in [2.24, 2.45) is 0 Å². The maximum atomic E-state index is 10.1. The Hall–Kier alpha value is -3.27. The van der Waals surface area contributed by atoms with Crippen LogP contribution in [0.1, 0.15) is 17.5 Å². The number of ether oxygens (including phenoxy) is 2. The first-order valence-electron chi connectivity index (χ1n) is 15.0. The Labute approximate surface area is 280 Å². The van der Waals surface area contributed by atoms with Crippen LogP contribution in [-0.4, -0.2) is 85.1 Å². The van der Waals surface area contributed by atoms with Gasteiger partial charge in [0.25, 0.3) is 5.88 Å². The van der Waals surface area contributed by atoms with Gasteiger partial charge in [0.2, 0.25) is 0 Å². The molecule has 8 nitrogen and oxygen atoms in total. The highest BCUT2D eigenvalue weighted by Crippen LogP contribution is 2.38. The molecule has 2 heterocycles. The standard InChI is InChI=1S/C34H38Cl3N5O3/c1-40(2)12-4-17-44-28-6-3-5-25(19-28)23-41-13-15-42(16-14-41)32-22-31(26-20-29(36)33(43)30(37)21-26)38-39-34(32)45-18-11-24-7-9-27(35)10-8-24/h3,5-10,19-22,43H,4,11-18,23H2,1-2H3. The molecule has 1 fully saturated rings. The molecule has 45 heavy (non-hydrogen) atoms. The smallest absolute Gasteiger partial charge is 0.257 e. The van der Waals surface area contributed by atoms with Gasteiger partial charge in [-0.3, -0.25) is 4.90 Å². The van der Waals surface area contributed by atoms with Crippen LogP contribution < -0.4 is 14.4 Å². The second-order valence-corrected chi connectivity index (χ2v) is 12.6. The lowest BCUT2D eigenvalue weighted by Gasteiger charge is -2.36. The van der Waals surface area contributed by atoms with Crippen LogP contribution in [0.3, 0.4) is 0 Å². The first-order chi connectivity index (χ1) is 21.7. The highest BCUT2D eigenvalue weighted by Gasteiger charge is 2.23. The summed E-state index contributed by atoms with van der Waals surface area (Å²) >= 11 is 18.5. The number of halogens is 3. The molecule has 0 spiro atoms. The topological polar surface area (TPSA) is 74.2 Å². The number of piperazine rings is 1. The average molecular weight is 671 g/mol. The van der Waals surface area contributed by atoms with Crippen LogP contribution in [0, 0.1) is 0 Å². The van der Waals surface area contributed by atoms with Crippen molar-refractivity contribution >= 4 is 40.5 Å². The summed E-state index contributed by atoms with van der Waals surface area (Å²) in [6.07, 6.45) is 1.69. The zero-order valence-corrected chi connectivity index (χ0v) is 27.8. The van der Waals surface area contributed by atoms with Crippen LogP contribution in [0.5, 0.6) is 17.4 Å². The Bertz CT molecular complexity index is 1540. The van der Waals surface area contributed by atoms with E-state index in [1.807, 2.05) is 36.4 Å². The summed E-state index contributed by atoms with van der Waals surface area (Å²) in [6, 6.07) is 21.3. The van der Waals surface area contributed by atoms with Crippen LogP contribution in [-0.2, 0) is 13.0 Å². The van der Waals surface area contributed by atoms with E-state index in [1.54, 1.807) is 12.1 Å². The Kier molecular flexibility index (Phi) is 11.6. The summed E-state index contributed by atoms with van der Waals surface area (Å²) < 4.78 is 12.2. The van der Waals surface area contributed by atoms with Crippen LogP contribution in [0.25, 0.3) is 11.3 Å². The highest BCUT2D eigenvalue weighted by molar-refractivity contribution is 6.37. The molecule has 3 aromatic carbocycles. The zero-order chi connectivity index (χ0) is 31.8. The number of phenolic OH excluding ortho intramolecular Hbond substituents is 1. The Morgan fingerprint density at radius 2 is 1.56 bits per heavy atom. The van der Waals surface area contributed by atoms with E-state index < -0.39 is 0 Å². The third kappa shape index (κ3) is 9.37. The van der Waals surface area contributed by atoms with Crippen molar-refractivity contribution in [2.75, 3.05) is 64.9 Å². The fourth-order valence-corrected chi connectivity index (χ4v) is 5.79. The van der Waals surface area contributed by atoms with Gasteiger partial charge in [0.15, 0.2) is 5.75 Å². The van der Waals surface area contributed by atoms with Crippen molar-refractivity contribution in [1.29, 1.82) is 0 Å². The molecule has 5 rings (SSSR count). The molecule has 0 saturated carbocycles. The molecule has 238 valence electrons. The van der Waals surface area contributed by atoms with Crippen molar-refractivity contribution in [3.8, 4) is 28.6 Å². The Morgan fingerprint density at radius 1 is 0.822 bits per heavy atom. The van der Waals surface area contributed by atoms with E-state index in [2.05, 4.69) is 57.2 Å². The van der Waals surface area contributed by atoms with Crippen LogP contribution >= 0.6 is 34.8 Å². The van der Waals surface area contributed by atoms with E-state index in [0.29, 0.717) is 41.8 Å². The van der Waals surface area contributed by atoms with Gasteiger partial charge >= 0.3 is 0 Å². The van der Waals surface area contributed by atoms with Crippen LogP contribution in [0.15, 0.2) is 66.7 Å². The van der Waals surface area contributed by atoms with Crippen LogP contribution in [0.4, 0.5) is 5.69 Å². The summed E-state index contributed by atoms with van der Waals surface area (Å²) in [5.41, 5.74) is 4.45. The molecule has 1 aromatic heterocycles. The minimum atomic E-state index is -0.157. The number of anilines is 1. The van der Waals surface area contributed by atoms with E-state index in [1.165, 1.54) is 5.56 Å². The fourth-order valence-electron chi connectivity index (χ4n) is 5.18. The molecule has 0 atom stereocenters. The molecule has 4 aromatic rings. The second kappa shape index (κ2) is 15.8. The molecule has 11 heteroatoms. The first kappa shape index (κ1) is 33.1. The number of hydrogen-bond donors (Lipinski definition) is 1. The van der Waals surface area contributed by atoms with Gasteiger partial charge in [-0.1, -0.05) is 59.1 Å². The molecular formula is C34H38Cl3N5O3. The molecule has 1 aliphatic rings. The fraction of sp³-hybridized carbons (Fsp3) is 0.353. The largest absolute Gasteiger partial charge is 0.505 e. The summed E-state index contributed by atoms with van der Waals surface area (Å²) in [7, 11) is 4.14. The van der Waals surface area contributed by atoms with Crippen molar-refractivity contribution in [3.63, 3.8) is 0 Å². The maximum Gasteiger partial charge on any atom is 0.257 e. The van der Waals surface area contributed by atoms with Gasteiger partial charge in [0.1, 0.15) is 11.4 Å². The maximum absolute atomic E-state index is 10.1. The second-order valence-electron chi connectivity index (χ2n) is 11.3. The minimum absolute atomic E-state index is 0.154. The van der Waals surface area contributed by atoms with Gasteiger partial charge in [-0.2, -0.15) is 0 Å². The third-order valence-corrected chi connectivity index (χ3v) is 8.46. The minimum Gasteiger partial charge on any atom is -0.505 e. The molecular weight excluding hydrogens is 633 g/mol. The number of rotatable bonds is 13.